The van der Waals surface area contributed by atoms with Gasteiger partial charge in [0.15, 0.2) is 0 Å². The van der Waals surface area contributed by atoms with Crippen molar-refractivity contribution in [3.8, 4) is 5.75 Å². The van der Waals surface area contributed by atoms with Crippen LogP contribution in [0.3, 0.4) is 0 Å². The van der Waals surface area contributed by atoms with Gasteiger partial charge in [0, 0.05) is 23.6 Å². The van der Waals surface area contributed by atoms with Crippen LogP contribution in [0.1, 0.15) is 35.7 Å². The van der Waals surface area contributed by atoms with Gasteiger partial charge in [-0.1, -0.05) is 31.5 Å². The smallest absolute Gasteiger partial charge is 0.270 e. The Labute approximate surface area is 163 Å². The van der Waals surface area contributed by atoms with Gasteiger partial charge in [-0.15, -0.1) is 0 Å². The van der Waals surface area contributed by atoms with E-state index < -0.39 is 0 Å². The normalized spacial score (nSPS) is 16.7. The van der Waals surface area contributed by atoms with Crippen molar-refractivity contribution in [3.63, 3.8) is 0 Å². The van der Waals surface area contributed by atoms with Gasteiger partial charge < -0.3 is 15.0 Å². The van der Waals surface area contributed by atoms with E-state index in [1.54, 1.807) is 0 Å². The van der Waals surface area contributed by atoms with Crippen molar-refractivity contribution in [2.45, 2.75) is 32.8 Å². The number of halogens is 1. The zero-order valence-corrected chi connectivity index (χ0v) is 16.3. The molecule has 0 aliphatic carbocycles. The summed E-state index contributed by atoms with van der Waals surface area (Å²) in [4.78, 5) is 23.8. The first-order valence-corrected chi connectivity index (χ1v) is 9.72. The van der Waals surface area contributed by atoms with Gasteiger partial charge in [-0.2, -0.15) is 0 Å². The third kappa shape index (κ3) is 3.86. The van der Waals surface area contributed by atoms with Crippen LogP contribution in [0.5, 0.6) is 5.75 Å². The molecule has 1 saturated heterocycles. The summed E-state index contributed by atoms with van der Waals surface area (Å²) in [7, 11) is 0. The Morgan fingerprint density at radius 2 is 2.15 bits per heavy atom. The number of amides is 1. The zero-order valence-electron chi connectivity index (χ0n) is 15.5. The van der Waals surface area contributed by atoms with Crippen molar-refractivity contribution in [1.82, 2.24) is 15.3 Å². The highest BCUT2D eigenvalue weighted by Gasteiger charge is 2.34. The second kappa shape index (κ2) is 7.35. The fourth-order valence-electron chi connectivity index (χ4n) is 3.46. The molecule has 2 aliphatic rings. The van der Waals surface area contributed by atoms with Gasteiger partial charge in [-0.3, -0.25) is 4.79 Å². The predicted octanol–water partition coefficient (Wildman–Crippen LogP) is 2.88. The summed E-state index contributed by atoms with van der Waals surface area (Å²) in [5.41, 5.74) is 1.48. The van der Waals surface area contributed by atoms with E-state index in [-0.39, 0.29) is 12.0 Å². The lowest BCUT2D eigenvalue weighted by Crippen LogP contribution is -2.55. The topological polar surface area (TPSA) is 67.3 Å². The van der Waals surface area contributed by atoms with Gasteiger partial charge in [-0.25, -0.2) is 9.97 Å². The van der Waals surface area contributed by atoms with Crippen LogP contribution in [0.15, 0.2) is 24.3 Å². The predicted molar refractivity (Wildman–Crippen MR) is 105 cm³/mol. The number of hydrogen-bond acceptors (Lipinski definition) is 5. The molecule has 27 heavy (non-hydrogen) atoms. The molecule has 142 valence electrons. The number of nitrogens with zero attached hydrogens (tertiary/aromatic N) is 3. The first kappa shape index (κ1) is 18.0. The Balaban J connectivity index is 1.53. The van der Waals surface area contributed by atoms with Crippen LogP contribution in [-0.2, 0) is 12.8 Å². The number of fused-ring (bicyclic) bond motifs is 1. The zero-order chi connectivity index (χ0) is 19.0. The standard InChI is InChI=1S/C20H23ClN4O2/c1-12(2)8-17-23-18-16(6-7-22-20(18)26)19(24-17)25-10-15(11-25)27-14-5-3-4-13(21)9-14/h3-5,9,12,15H,6-8,10-11H2,1-2H3,(H,22,26). The molecule has 1 amide bonds. The average molecular weight is 387 g/mol. The van der Waals surface area contributed by atoms with E-state index in [0.717, 1.165) is 48.9 Å². The van der Waals surface area contributed by atoms with Crippen LogP contribution >= 0.6 is 11.6 Å². The molecular formula is C20H23ClN4O2. The van der Waals surface area contributed by atoms with E-state index in [0.29, 0.717) is 23.2 Å². The number of rotatable bonds is 5. The molecule has 0 atom stereocenters. The number of benzene rings is 1. The SMILES string of the molecule is CC(C)Cc1nc2c(c(N3CC(Oc4cccc(Cl)c4)C3)n1)CCNC2=O. The maximum Gasteiger partial charge on any atom is 0.270 e. The third-order valence-corrected chi connectivity index (χ3v) is 4.98. The fourth-order valence-corrected chi connectivity index (χ4v) is 3.64. The summed E-state index contributed by atoms with van der Waals surface area (Å²) in [6.07, 6.45) is 1.60. The summed E-state index contributed by atoms with van der Waals surface area (Å²) in [5.74, 6) is 2.72. The molecule has 0 spiro atoms. The van der Waals surface area contributed by atoms with Gasteiger partial charge in [-0.05, 0) is 30.5 Å². The second-order valence-electron chi connectivity index (χ2n) is 7.50. The van der Waals surface area contributed by atoms with E-state index >= 15 is 0 Å². The summed E-state index contributed by atoms with van der Waals surface area (Å²) in [5, 5.41) is 3.55. The van der Waals surface area contributed by atoms with Crippen LogP contribution < -0.4 is 15.0 Å². The Morgan fingerprint density at radius 3 is 2.89 bits per heavy atom. The lowest BCUT2D eigenvalue weighted by molar-refractivity contribution is 0.0939. The van der Waals surface area contributed by atoms with Crippen LogP contribution in [0.25, 0.3) is 0 Å². The van der Waals surface area contributed by atoms with E-state index in [1.165, 1.54) is 0 Å². The highest BCUT2D eigenvalue weighted by molar-refractivity contribution is 6.30. The maximum atomic E-state index is 12.3. The Hall–Kier alpha value is -2.34. The monoisotopic (exact) mass is 386 g/mol. The lowest BCUT2D eigenvalue weighted by atomic mass is 10.0. The molecule has 1 fully saturated rings. The molecule has 0 radical (unpaired) electrons. The van der Waals surface area contributed by atoms with Gasteiger partial charge in [0.05, 0.1) is 13.1 Å². The molecule has 1 N–H and O–H groups in total. The minimum atomic E-state index is -0.0999. The molecule has 3 heterocycles. The molecule has 2 aliphatic heterocycles. The van der Waals surface area contributed by atoms with Crippen LogP contribution in [0.4, 0.5) is 5.82 Å². The Morgan fingerprint density at radius 1 is 1.33 bits per heavy atom. The maximum absolute atomic E-state index is 12.3. The van der Waals surface area contributed by atoms with Gasteiger partial charge in [0.1, 0.15) is 29.2 Å². The fraction of sp³-hybridized carbons (Fsp3) is 0.450. The number of carbonyl (C=O) groups excluding carboxylic acids is 1. The molecule has 4 rings (SSSR count). The summed E-state index contributed by atoms with van der Waals surface area (Å²) in [6.45, 7) is 6.35. The third-order valence-electron chi connectivity index (χ3n) is 4.74. The number of aromatic nitrogens is 2. The molecule has 1 aromatic heterocycles. The number of nitrogens with one attached hydrogen (secondary N) is 1. The minimum absolute atomic E-state index is 0.0834. The van der Waals surface area contributed by atoms with Crippen molar-refractivity contribution >= 4 is 23.3 Å². The van der Waals surface area contributed by atoms with Gasteiger partial charge >= 0.3 is 0 Å². The van der Waals surface area contributed by atoms with Crippen molar-refractivity contribution in [2.75, 3.05) is 24.5 Å². The minimum Gasteiger partial charge on any atom is -0.487 e. The van der Waals surface area contributed by atoms with Crippen LogP contribution in [0.2, 0.25) is 5.02 Å². The number of ether oxygens (including phenoxy) is 1. The van der Waals surface area contributed by atoms with Crippen molar-refractivity contribution in [2.24, 2.45) is 5.92 Å². The van der Waals surface area contributed by atoms with E-state index in [1.807, 2.05) is 24.3 Å². The molecule has 7 heteroatoms. The molecule has 0 bridgehead atoms. The van der Waals surface area contributed by atoms with Crippen LogP contribution in [-0.4, -0.2) is 41.6 Å². The first-order valence-electron chi connectivity index (χ1n) is 9.34. The van der Waals surface area contributed by atoms with Gasteiger partial charge in [0.25, 0.3) is 5.91 Å². The quantitative estimate of drug-likeness (QED) is 0.855. The molecule has 1 aromatic carbocycles. The van der Waals surface area contributed by atoms with E-state index in [2.05, 4.69) is 29.0 Å². The lowest BCUT2D eigenvalue weighted by Gasteiger charge is -2.41. The van der Waals surface area contributed by atoms with Crippen molar-refractivity contribution in [1.29, 1.82) is 0 Å². The summed E-state index contributed by atoms with van der Waals surface area (Å²) < 4.78 is 5.99. The number of carbonyl (C=O) groups is 1. The van der Waals surface area contributed by atoms with Crippen LogP contribution in [0, 0.1) is 5.92 Å². The highest BCUT2D eigenvalue weighted by Crippen LogP contribution is 2.30. The van der Waals surface area contributed by atoms with E-state index in [4.69, 9.17) is 21.3 Å². The Kier molecular flexibility index (Phi) is 4.91. The van der Waals surface area contributed by atoms with Crippen molar-refractivity contribution in [3.05, 3.63) is 46.4 Å². The van der Waals surface area contributed by atoms with E-state index in [9.17, 15) is 4.79 Å². The largest absolute Gasteiger partial charge is 0.487 e. The highest BCUT2D eigenvalue weighted by atomic mass is 35.5. The molecule has 0 unspecified atom stereocenters. The second-order valence-corrected chi connectivity index (χ2v) is 7.93. The average Bonchev–Trinajstić information content (AvgIpc) is 2.58. The molecule has 6 nitrogen and oxygen atoms in total. The number of anilines is 1. The number of hydrogen-bond donors (Lipinski definition) is 1. The van der Waals surface area contributed by atoms with Crippen molar-refractivity contribution < 1.29 is 9.53 Å². The molecule has 2 aromatic rings. The molecular weight excluding hydrogens is 364 g/mol. The first-order chi connectivity index (χ1) is 13.0. The summed E-state index contributed by atoms with van der Waals surface area (Å²) >= 11 is 6.02. The Bertz CT molecular complexity index is 865. The van der Waals surface area contributed by atoms with Gasteiger partial charge in [0.2, 0.25) is 0 Å². The molecule has 0 saturated carbocycles. The summed E-state index contributed by atoms with van der Waals surface area (Å²) in [6, 6.07) is 7.44.